The Kier molecular flexibility index (Phi) is 4.08. The molecule has 100 valence electrons. The SMILES string of the molecule is CC1CNCC(c2ccc(C(C)(C)C)cc2)OC1. The molecule has 2 rings (SSSR count). The molecule has 1 heterocycles. The van der Waals surface area contributed by atoms with Crippen molar-refractivity contribution in [2.45, 2.75) is 39.2 Å². The summed E-state index contributed by atoms with van der Waals surface area (Å²) in [5.74, 6) is 0.601. The minimum atomic E-state index is 0.198. The van der Waals surface area contributed by atoms with Crippen LogP contribution in [-0.4, -0.2) is 19.7 Å². The molecule has 1 aromatic rings. The number of ether oxygens (including phenoxy) is 1. The van der Waals surface area contributed by atoms with Gasteiger partial charge in [-0.2, -0.15) is 0 Å². The normalized spacial score (nSPS) is 25.8. The summed E-state index contributed by atoms with van der Waals surface area (Å²) < 4.78 is 5.96. The summed E-state index contributed by atoms with van der Waals surface area (Å²) in [5, 5.41) is 3.47. The third kappa shape index (κ3) is 3.33. The van der Waals surface area contributed by atoms with E-state index in [4.69, 9.17) is 4.74 Å². The highest BCUT2D eigenvalue weighted by Gasteiger charge is 2.19. The fraction of sp³-hybridized carbons (Fsp3) is 0.625. The molecule has 1 N–H and O–H groups in total. The maximum atomic E-state index is 5.96. The fourth-order valence-corrected chi connectivity index (χ4v) is 2.27. The number of nitrogens with one attached hydrogen (secondary N) is 1. The second-order valence-electron chi connectivity index (χ2n) is 6.46. The Labute approximate surface area is 111 Å². The van der Waals surface area contributed by atoms with Crippen LogP contribution < -0.4 is 5.32 Å². The maximum Gasteiger partial charge on any atom is 0.0949 e. The first-order chi connectivity index (χ1) is 8.47. The fourth-order valence-electron chi connectivity index (χ4n) is 2.27. The van der Waals surface area contributed by atoms with Gasteiger partial charge in [0, 0.05) is 13.1 Å². The Morgan fingerprint density at radius 2 is 1.78 bits per heavy atom. The van der Waals surface area contributed by atoms with Crippen LogP contribution in [-0.2, 0) is 10.2 Å². The van der Waals surface area contributed by atoms with Crippen molar-refractivity contribution < 1.29 is 4.74 Å². The average molecular weight is 247 g/mol. The minimum Gasteiger partial charge on any atom is -0.372 e. The Hall–Kier alpha value is -0.860. The van der Waals surface area contributed by atoms with E-state index >= 15 is 0 Å². The summed E-state index contributed by atoms with van der Waals surface area (Å²) >= 11 is 0. The average Bonchev–Trinajstić information content (AvgIpc) is 2.53. The van der Waals surface area contributed by atoms with Gasteiger partial charge in [-0.1, -0.05) is 52.0 Å². The molecule has 0 radical (unpaired) electrons. The van der Waals surface area contributed by atoms with Gasteiger partial charge in [0.25, 0.3) is 0 Å². The summed E-state index contributed by atoms with van der Waals surface area (Å²) in [5.41, 5.74) is 2.88. The van der Waals surface area contributed by atoms with Crippen LogP contribution >= 0.6 is 0 Å². The Bertz CT molecular complexity index is 377. The van der Waals surface area contributed by atoms with E-state index in [0.717, 1.165) is 19.7 Å². The first-order valence-electron chi connectivity index (χ1n) is 6.89. The van der Waals surface area contributed by atoms with Crippen molar-refractivity contribution >= 4 is 0 Å². The van der Waals surface area contributed by atoms with Crippen LogP contribution in [0, 0.1) is 5.92 Å². The molecular formula is C16H25NO. The van der Waals surface area contributed by atoms with Crippen LogP contribution in [0.25, 0.3) is 0 Å². The predicted molar refractivity (Wildman–Crippen MR) is 75.9 cm³/mol. The zero-order chi connectivity index (χ0) is 13.2. The van der Waals surface area contributed by atoms with Crippen LogP contribution in [0.15, 0.2) is 24.3 Å². The van der Waals surface area contributed by atoms with E-state index in [2.05, 4.69) is 57.3 Å². The molecule has 1 saturated heterocycles. The van der Waals surface area contributed by atoms with Crippen molar-refractivity contribution in [3.63, 3.8) is 0 Å². The highest BCUT2D eigenvalue weighted by atomic mass is 16.5. The zero-order valence-corrected chi connectivity index (χ0v) is 12.0. The molecular weight excluding hydrogens is 222 g/mol. The first-order valence-corrected chi connectivity index (χ1v) is 6.89. The number of benzene rings is 1. The number of hydrogen-bond donors (Lipinski definition) is 1. The molecule has 0 bridgehead atoms. The summed E-state index contributed by atoms with van der Waals surface area (Å²) in [7, 11) is 0. The second-order valence-corrected chi connectivity index (χ2v) is 6.46. The van der Waals surface area contributed by atoms with E-state index in [0.29, 0.717) is 5.92 Å². The summed E-state index contributed by atoms with van der Waals surface area (Å²) in [6, 6.07) is 8.88. The molecule has 2 unspecified atom stereocenters. The van der Waals surface area contributed by atoms with Crippen molar-refractivity contribution in [2.75, 3.05) is 19.7 Å². The van der Waals surface area contributed by atoms with Crippen molar-refractivity contribution in [3.8, 4) is 0 Å². The largest absolute Gasteiger partial charge is 0.372 e. The molecule has 1 aliphatic heterocycles. The second kappa shape index (κ2) is 5.41. The standard InChI is InChI=1S/C16H25NO/c1-12-9-17-10-15(18-11-12)13-5-7-14(8-6-13)16(2,3)4/h5-8,12,15,17H,9-11H2,1-4H3. The van der Waals surface area contributed by atoms with Gasteiger partial charge >= 0.3 is 0 Å². The molecule has 18 heavy (non-hydrogen) atoms. The van der Waals surface area contributed by atoms with Gasteiger partial charge in [-0.15, -0.1) is 0 Å². The summed E-state index contributed by atoms with van der Waals surface area (Å²) in [6.07, 6.45) is 0.198. The molecule has 0 aliphatic carbocycles. The third-order valence-electron chi connectivity index (χ3n) is 3.55. The lowest BCUT2D eigenvalue weighted by Gasteiger charge is -2.21. The third-order valence-corrected chi connectivity index (χ3v) is 3.55. The zero-order valence-electron chi connectivity index (χ0n) is 12.0. The topological polar surface area (TPSA) is 21.3 Å². The lowest BCUT2D eigenvalue weighted by Crippen LogP contribution is -2.22. The Balaban J connectivity index is 2.09. The van der Waals surface area contributed by atoms with E-state index in [9.17, 15) is 0 Å². The number of rotatable bonds is 1. The van der Waals surface area contributed by atoms with Gasteiger partial charge < -0.3 is 10.1 Å². The van der Waals surface area contributed by atoms with Gasteiger partial charge in [-0.3, -0.25) is 0 Å². The Morgan fingerprint density at radius 1 is 1.11 bits per heavy atom. The van der Waals surface area contributed by atoms with Crippen molar-refractivity contribution in [1.82, 2.24) is 5.32 Å². The molecule has 1 aromatic carbocycles. The van der Waals surface area contributed by atoms with Gasteiger partial charge in [0.1, 0.15) is 0 Å². The molecule has 0 spiro atoms. The molecule has 1 aliphatic rings. The van der Waals surface area contributed by atoms with Crippen molar-refractivity contribution in [3.05, 3.63) is 35.4 Å². The van der Waals surface area contributed by atoms with Gasteiger partial charge in [-0.05, 0) is 22.5 Å². The van der Waals surface area contributed by atoms with Gasteiger partial charge in [0.05, 0.1) is 12.7 Å². The van der Waals surface area contributed by atoms with E-state index in [-0.39, 0.29) is 11.5 Å². The molecule has 0 amide bonds. The maximum absolute atomic E-state index is 5.96. The molecule has 2 nitrogen and oxygen atoms in total. The van der Waals surface area contributed by atoms with Gasteiger partial charge in [0.15, 0.2) is 0 Å². The van der Waals surface area contributed by atoms with E-state index in [1.807, 2.05) is 0 Å². The van der Waals surface area contributed by atoms with Crippen LogP contribution in [0.5, 0.6) is 0 Å². The molecule has 0 aromatic heterocycles. The highest BCUT2D eigenvalue weighted by Crippen LogP contribution is 2.25. The van der Waals surface area contributed by atoms with E-state index in [1.165, 1.54) is 11.1 Å². The molecule has 1 fully saturated rings. The van der Waals surface area contributed by atoms with Crippen LogP contribution in [0.4, 0.5) is 0 Å². The molecule has 2 heteroatoms. The van der Waals surface area contributed by atoms with Gasteiger partial charge in [-0.25, -0.2) is 0 Å². The van der Waals surface area contributed by atoms with E-state index in [1.54, 1.807) is 0 Å². The van der Waals surface area contributed by atoms with E-state index < -0.39 is 0 Å². The molecule has 0 saturated carbocycles. The van der Waals surface area contributed by atoms with Crippen LogP contribution in [0.1, 0.15) is 44.9 Å². The lowest BCUT2D eigenvalue weighted by molar-refractivity contribution is 0.0515. The van der Waals surface area contributed by atoms with Crippen LogP contribution in [0.3, 0.4) is 0 Å². The quantitative estimate of drug-likeness (QED) is 0.822. The number of hydrogen-bond acceptors (Lipinski definition) is 2. The smallest absolute Gasteiger partial charge is 0.0949 e. The first kappa shape index (κ1) is 13.6. The predicted octanol–water partition coefficient (Wildman–Crippen LogP) is 3.28. The van der Waals surface area contributed by atoms with Crippen LogP contribution in [0.2, 0.25) is 0 Å². The highest BCUT2D eigenvalue weighted by molar-refractivity contribution is 5.29. The van der Waals surface area contributed by atoms with Gasteiger partial charge in [0.2, 0.25) is 0 Å². The van der Waals surface area contributed by atoms with Crippen molar-refractivity contribution in [1.29, 1.82) is 0 Å². The molecule has 2 atom stereocenters. The lowest BCUT2D eigenvalue weighted by atomic mass is 9.86. The minimum absolute atomic E-state index is 0.198. The van der Waals surface area contributed by atoms with Crippen molar-refractivity contribution in [2.24, 2.45) is 5.92 Å². The summed E-state index contributed by atoms with van der Waals surface area (Å²) in [4.78, 5) is 0. The Morgan fingerprint density at radius 3 is 2.39 bits per heavy atom. The summed E-state index contributed by atoms with van der Waals surface area (Å²) in [6.45, 7) is 11.8. The monoisotopic (exact) mass is 247 g/mol.